The van der Waals surface area contributed by atoms with E-state index in [0.717, 1.165) is 15.1 Å². The average Bonchev–Trinajstić information content (AvgIpc) is 2.35. The molecule has 1 nitrogen and oxygen atoms in total. The molecule has 0 fully saturated rings. The Kier molecular flexibility index (Phi) is 4.90. The van der Waals surface area contributed by atoms with E-state index in [1.807, 2.05) is 13.1 Å². The number of aryl methyl sites for hydroxylation is 3. The van der Waals surface area contributed by atoms with Crippen molar-refractivity contribution in [2.24, 2.45) is 0 Å². The minimum atomic E-state index is 0.0954. The molecule has 0 bridgehead atoms. The van der Waals surface area contributed by atoms with Crippen molar-refractivity contribution in [3.8, 4) is 0 Å². The molecule has 0 saturated heterocycles. The first-order valence-corrected chi connectivity index (χ1v) is 7.80. The quantitative estimate of drug-likeness (QED) is 0.786. The normalized spacial score (nSPS) is 12.5. The molecule has 1 N–H and O–H groups in total. The third kappa shape index (κ3) is 3.25. The maximum Gasteiger partial charge on any atom is 0.0589 e. The van der Waals surface area contributed by atoms with E-state index < -0.39 is 0 Å². The van der Waals surface area contributed by atoms with E-state index in [-0.39, 0.29) is 6.04 Å². The molecule has 0 aliphatic heterocycles. The van der Waals surface area contributed by atoms with E-state index in [1.54, 1.807) is 0 Å². The molecule has 2 aromatic carbocycles. The zero-order valence-corrected chi connectivity index (χ0v) is 14.6. The largest absolute Gasteiger partial charge is 0.309 e. The highest BCUT2D eigenvalue weighted by atomic mass is 79.9. The lowest BCUT2D eigenvalue weighted by atomic mass is 9.95. The summed E-state index contributed by atoms with van der Waals surface area (Å²) in [5.41, 5.74) is 6.05. The van der Waals surface area contributed by atoms with E-state index in [4.69, 9.17) is 11.6 Å². The van der Waals surface area contributed by atoms with Crippen LogP contribution in [0.1, 0.15) is 33.9 Å². The number of rotatable bonds is 3. The van der Waals surface area contributed by atoms with Gasteiger partial charge in [0.15, 0.2) is 0 Å². The van der Waals surface area contributed by atoms with E-state index in [9.17, 15) is 0 Å². The summed E-state index contributed by atoms with van der Waals surface area (Å²) in [6, 6.07) is 10.8. The van der Waals surface area contributed by atoms with Crippen LogP contribution in [0.25, 0.3) is 0 Å². The summed E-state index contributed by atoms with van der Waals surface area (Å²) in [5, 5.41) is 4.18. The summed E-state index contributed by atoms with van der Waals surface area (Å²) in [5.74, 6) is 0. The summed E-state index contributed by atoms with van der Waals surface area (Å²) in [4.78, 5) is 0. The van der Waals surface area contributed by atoms with Crippen molar-refractivity contribution in [2.75, 3.05) is 7.05 Å². The van der Waals surface area contributed by atoms with Crippen molar-refractivity contribution in [3.63, 3.8) is 0 Å². The highest BCUT2D eigenvalue weighted by Gasteiger charge is 2.17. The van der Waals surface area contributed by atoms with Crippen LogP contribution in [-0.2, 0) is 0 Å². The lowest BCUT2D eigenvalue weighted by Crippen LogP contribution is -2.18. The molecular weight excluding hydrogens is 334 g/mol. The second-order valence-electron chi connectivity index (χ2n) is 5.24. The van der Waals surface area contributed by atoms with Gasteiger partial charge in [0.1, 0.15) is 0 Å². The van der Waals surface area contributed by atoms with Gasteiger partial charge < -0.3 is 5.32 Å². The van der Waals surface area contributed by atoms with Crippen LogP contribution in [0.2, 0.25) is 5.02 Å². The highest BCUT2D eigenvalue weighted by Crippen LogP contribution is 2.32. The molecule has 2 aromatic rings. The minimum Gasteiger partial charge on any atom is -0.309 e. The molecule has 0 aliphatic rings. The van der Waals surface area contributed by atoms with Gasteiger partial charge in [0, 0.05) is 9.50 Å². The molecule has 1 unspecified atom stereocenters. The predicted octanol–water partition coefficient (Wildman–Crippen LogP) is 5.34. The van der Waals surface area contributed by atoms with Crippen LogP contribution in [0.15, 0.2) is 34.8 Å². The Morgan fingerprint density at radius 1 is 1.00 bits per heavy atom. The van der Waals surface area contributed by atoms with E-state index in [2.05, 4.69) is 66.3 Å². The van der Waals surface area contributed by atoms with Crippen molar-refractivity contribution >= 4 is 27.5 Å². The first-order valence-electron chi connectivity index (χ1n) is 6.63. The minimum absolute atomic E-state index is 0.0954. The number of hydrogen-bond donors (Lipinski definition) is 1. The molecule has 0 radical (unpaired) electrons. The van der Waals surface area contributed by atoms with Crippen LogP contribution in [0.4, 0.5) is 0 Å². The molecular formula is C17H19BrClN. The van der Waals surface area contributed by atoms with E-state index in [1.165, 1.54) is 22.3 Å². The Hall–Kier alpha value is -0.830. The molecule has 106 valence electrons. The summed E-state index contributed by atoms with van der Waals surface area (Å²) in [7, 11) is 1.96. The van der Waals surface area contributed by atoms with E-state index in [0.29, 0.717) is 0 Å². The van der Waals surface area contributed by atoms with Gasteiger partial charge in [0.2, 0.25) is 0 Å². The summed E-state index contributed by atoms with van der Waals surface area (Å²) in [6.45, 7) is 6.31. The monoisotopic (exact) mass is 351 g/mol. The molecule has 0 aliphatic carbocycles. The zero-order chi connectivity index (χ0) is 14.9. The summed E-state index contributed by atoms with van der Waals surface area (Å²) in [6.07, 6.45) is 0. The SMILES string of the molecule is CNC(c1cc(C)cc(Br)c1)c1cc(C)c(C)cc1Cl. The van der Waals surface area contributed by atoms with Gasteiger partial charge in [-0.15, -0.1) is 0 Å². The second kappa shape index (κ2) is 6.30. The van der Waals surface area contributed by atoms with Crippen LogP contribution >= 0.6 is 27.5 Å². The predicted molar refractivity (Wildman–Crippen MR) is 90.7 cm³/mol. The van der Waals surface area contributed by atoms with Gasteiger partial charge in [0.05, 0.1) is 6.04 Å². The third-order valence-corrected chi connectivity index (χ3v) is 4.40. The second-order valence-corrected chi connectivity index (χ2v) is 6.56. The first kappa shape index (κ1) is 15.6. The maximum atomic E-state index is 6.45. The zero-order valence-electron chi connectivity index (χ0n) is 12.2. The van der Waals surface area contributed by atoms with Crippen LogP contribution in [0.3, 0.4) is 0 Å². The Morgan fingerprint density at radius 2 is 1.65 bits per heavy atom. The number of nitrogens with one attached hydrogen (secondary N) is 1. The smallest absolute Gasteiger partial charge is 0.0589 e. The lowest BCUT2D eigenvalue weighted by molar-refractivity contribution is 0.690. The Bertz CT molecular complexity index is 617. The van der Waals surface area contributed by atoms with Gasteiger partial charge >= 0.3 is 0 Å². The van der Waals surface area contributed by atoms with Crippen molar-refractivity contribution in [2.45, 2.75) is 26.8 Å². The fraction of sp³-hybridized carbons (Fsp3) is 0.294. The molecule has 3 heteroatoms. The van der Waals surface area contributed by atoms with Gasteiger partial charge in [-0.05, 0) is 73.8 Å². The maximum absolute atomic E-state index is 6.45. The first-order chi connectivity index (χ1) is 9.42. The van der Waals surface area contributed by atoms with Gasteiger partial charge in [-0.1, -0.05) is 39.7 Å². The molecule has 0 heterocycles. The summed E-state index contributed by atoms with van der Waals surface area (Å²) >= 11 is 10.0. The topological polar surface area (TPSA) is 12.0 Å². The van der Waals surface area contributed by atoms with Gasteiger partial charge in [0.25, 0.3) is 0 Å². The molecule has 0 spiro atoms. The van der Waals surface area contributed by atoms with Crippen molar-refractivity contribution in [1.82, 2.24) is 5.32 Å². The van der Waals surface area contributed by atoms with Gasteiger partial charge in [-0.3, -0.25) is 0 Å². The summed E-state index contributed by atoms with van der Waals surface area (Å²) < 4.78 is 1.09. The average molecular weight is 353 g/mol. The lowest BCUT2D eigenvalue weighted by Gasteiger charge is -2.21. The standard InChI is InChI=1S/C17H19BrClN/c1-10-5-13(9-14(18)6-10)17(20-4)15-7-11(2)12(3)8-16(15)19/h5-9,17,20H,1-4H3. The fourth-order valence-corrected chi connectivity index (χ4v) is 3.41. The highest BCUT2D eigenvalue weighted by molar-refractivity contribution is 9.10. The Labute approximate surface area is 134 Å². The molecule has 20 heavy (non-hydrogen) atoms. The number of halogens is 2. The molecule has 1 atom stereocenters. The van der Waals surface area contributed by atoms with Crippen molar-refractivity contribution in [1.29, 1.82) is 0 Å². The molecule has 0 amide bonds. The van der Waals surface area contributed by atoms with Crippen LogP contribution in [0.5, 0.6) is 0 Å². The van der Waals surface area contributed by atoms with E-state index >= 15 is 0 Å². The molecule has 0 saturated carbocycles. The molecule has 0 aromatic heterocycles. The fourth-order valence-electron chi connectivity index (χ4n) is 2.46. The number of benzene rings is 2. The third-order valence-electron chi connectivity index (χ3n) is 3.61. The van der Waals surface area contributed by atoms with Crippen molar-refractivity contribution in [3.05, 3.63) is 67.6 Å². The van der Waals surface area contributed by atoms with Crippen LogP contribution < -0.4 is 5.32 Å². The molecule has 2 rings (SSSR count). The van der Waals surface area contributed by atoms with Gasteiger partial charge in [-0.25, -0.2) is 0 Å². The number of hydrogen-bond acceptors (Lipinski definition) is 1. The van der Waals surface area contributed by atoms with Gasteiger partial charge in [-0.2, -0.15) is 0 Å². The van der Waals surface area contributed by atoms with Crippen LogP contribution in [-0.4, -0.2) is 7.05 Å². The van der Waals surface area contributed by atoms with Crippen molar-refractivity contribution < 1.29 is 0 Å². The Morgan fingerprint density at radius 3 is 2.25 bits per heavy atom. The van der Waals surface area contributed by atoms with Crippen LogP contribution in [0, 0.1) is 20.8 Å². The Balaban J connectivity index is 2.55.